The first-order valence-electron chi connectivity index (χ1n) is 5.82. The monoisotopic (exact) mass is 237 g/mol. The van der Waals surface area contributed by atoms with Crippen LogP contribution in [-0.2, 0) is 16.1 Å². The first-order valence-corrected chi connectivity index (χ1v) is 5.82. The molecule has 94 valence electrons. The molecule has 0 aromatic carbocycles. The molecule has 0 aliphatic rings. The number of nitrogens with zero attached hydrogens (tertiary/aromatic N) is 1. The van der Waals surface area contributed by atoms with Crippen LogP contribution in [0.3, 0.4) is 0 Å². The third kappa shape index (κ3) is 4.43. The second kappa shape index (κ2) is 6.23. The Bertz CT molecular complexity index is 435. The minimum absolute atomic E-state index is 0.0153. The van der Waals surface area contributed by atoms with E-state index in [1.807, 2.05) is 0 Å². The molecule has 0 atom stereocenters. The fourth-order valence-electron chi connectivity index (χ4n) is 1.37. The summed E-state index contributed by atoms with van der Waals surface area (Å²) in [5.74, 6) is 0.142. The van der Waals surface area contributed by atoms with Crippen LogP contribution < -0.4 is 5.56 Å². The van der Waals surface area contributed by atoms with E-state index in [1.54, 1.807) is 25.3 Å². The SMILES string of the molecule is Cc1cccn(CC(=O)OCCC(C)C)c1=O. The fourth-order valence-corrected chi connectivity index (χ4v) is 1.37. The summed E-state index contributed by atoms with van der Waals surface area (Å²) in [4.78, 5) is 23.1. The summed E-state index contributed by atoms with van der Waals surface area (Å²) in [7, 11) is 0. The zero-order chi connectivity index (χ0) is 12.8. The van der Waals surface area contributed by atoms with Crippen molar-refractivity contribution in [3.05, 3.63) is 34.2 Å². The molecular weight excluding hydrogens is 218 g/mol. The molecule has 0 saturated heterocycles. The van der Waals surface area contributed by atoms with Gasteiger partial charge in [0.1, 0.15) is 6.54 Å². The smallest absolute Gasteiger partial charge is 0.326 e. The average Bonchev–Trinajstić information content (AvgIpc) is 2.24. The maximum atomic E-state index is 11.6. The maximum Gasteiger partial charge on any atom is 0.326 e. The molecule has 0 unspecified atom stereocenters. The molecule has 0 radical (unpaired) electrons. The van der Waals surface area contributed by atoms with Crippen LogP contribution in [0.25, 0.3) is 0 Å². The molecule has 0 aliphatic carbocycles. The van der Waals surface area contributed by atoms with Crippen LogP contribution in [0, 0.1) is 12.8 Å². The van der Waals surface area contributed by atoms with Gasteiger partial charge in [-0.2, -0.15) is 0 Å². The van der Waals surface area contributed by atoms with E-state index < -0.39 is 0 Å². The van der Waals surface area contributed by atoms with Gasteiger partial charge in [-0.15, -0.1) is 0 Å². The van der Waals surface area contributed by atoms with Crippen LogP contribution in [-0.4, -0.2) is 17.1 Å². The van der Waals surface area contributed by atoms with Crippen LogP contribution in [0.4, 0.5) is 0 Å². The minimum Gasteiger partial charge on any atom is -0.464 e. The lowest BCUT2D eigenvalue weighted by Crippen LogP contribution is -2.26. The molecule has 1 rings (SSSR count). The number of esters is 1. The van der Waals surface area contributed by atoms with Gasteiger partial charge in [0.15, 0.2) is 0 Å². The quantitative estimate of drug-likeness (QED) is 0.733. The molecule has 1 aromatic heterocycles. The Morgan fingerprint density at radius 3 is 2.82 bits per heavy atom. The molecule has 4 heteroatoms. The highest BCUT2D eigenvalue weighted by Gasteiger charge is 2.06. The lowest BCUT2D eigenvalue weighted by molar-refractivity contribution is -0.144. The highest BCUT2D eigenvalue weighted by atomic mass is 16.5. The highest BCUT2D eigenvalue weighted by molar-refractivity contribution is 5.69. The highest BCUT2D eigenvalue weighted by Crippen LogP contribution is 1.99. The number of ether oxygens (including phenoxy) is 1. The number of carbonyl (C=O) groups is 1. The minimum atomic E-state index is -0.363. The van der Waals surface area contributed by atoms with Gasteiger partial charge in [0, 0.05) is 11.8 Å². The molecule has 0 spiro atoms. The van der Waals surface area contributed by atoms with Gasteiger partial charge in [-0.1, -0.05) is 19.9 Å². The summed E-state index contributed by atoms with van der Waals surface area (Å²) in [6, 6.07) is 3.47. The number of aryl methyl sites for hydroxylation is 1. The van der Waals surface area contributed by atoms with E-state index in [4.69, 9.17) is 4.74 Å². The van der Waals surface area contributed by atoms with Crippen molar-refractivity contribution in [3.63, 3.8) is 0 Å². The predicted molar refractivity (Wildman–Crippen MR) is 65.9 cm³/mol. The molecule has 0 bridgehead atoms. The Hall–Kier alpha value is -1.58. The molecule has 0 N–H and O–H groups in total. The van der Waals surface area contributed by atoms with Gasteiger partial charge in [-0.3, -0.25) is 9.59 Å². The van der Waals surface area contributed by atoms with E-state index in [0.717, 1.165) is 6.42 Å². The molecule has 4 nitrogen and oxygen atoms in total. The van der Waals surface area contributed by atoms with E-state index in [2.05, 4.69) is 13.8 Å². The van der Waals surface area contributed by atoms with Crippen molar-refractivity contribution in [2.75, 3.05) is 6.61 Å². The molecule has 0 fully saturated rings. The second-order valence-corrected chi connectivity index (χ2v) is 4.53. The molecular formula is C13H19NO3. The van der Waals surface area contributed by atoms with Gasteiger partial charge in [0.25, 0.3) is 5.56 Å². The summed E-state index contributed by atoms with van der Waals surface area (Å²) in [6.45, 7) is 6.26. The summed E-state index contributed by atoms with van der Waals surface area (Å²) >= 11 is 0. The number of hydrogen-bond acceptors (Lipinski definition) is 3. The summed E-state index contributed by atoms with van der Waals surface area (Å²) in [6.07, 6.45) is 2.44. The Morgan fingerprint density at radius 1 is 1.47 bits per heavy atom. The van der Waals surface area contributed by atoms with Crippen molar-refractivity contribution < 1.29 is 9.53 Å². The fraction of sp³-hybridized carbons (Fsp3) is 0.538. The van der Waals surface area contributed by atoms with E-state index in [0.29, 0.717) is 18.1 Å². The van der Waals surface area contributed by atoms with Crippen LogP contribution in [0.2, 0.25) is 0 Å². The lowest BCUT2D eigenvalue weighted by Gasteiger charge is -2.08. The van der Waals surface area contributed by atoms with Gasteiger partial charge in [0.05, 0.1) is 6.61 Å². The first kappa shape index (κ1) is 13.5. The normalized spacial score (nSPS) is 10.6. The Kier molecular flexibility index (Phi) is 4.94. The number of carbonyl (C=O) groups excluding carboxylic acids is 1. The molecule has 0 aliphatic heterocycles. The van der Waals surface area contributed by atoms with Gasteiger partial charge in [0.2, 0.25) is 0 Å². The van der Waals surface area contributed by atoms with Crippen molar-refractivity contribution in [2.24, 2.45) is 5.92 Å². The van der Waals surface area contributed by atoms with Crippen molar-refractivity contribution in [2.45, 2.75) is 33.7 Å². The molecule has 17 heavy (non-hydrogen) atoms. The standard InChI is InChI=1S/C13H19NO3/c1-10(2)6-8-17-12(15)9-14-7-4-5-11(3)13(14)16/h4-5,7,10H,6,8-9H2,1-3H3. The Labute approximate surface area is 101 Å². The van der Waals surface area contributed by atoms with Gasteiger partial charge in [-0.25, -0.2) is 0 Å². The first-order chi connectivity index (χ1) is 8.00. The number of aromatic nitrogens is 1. The van der Waals surface area contributed by atoms with E-state index in [9.17, 15) is 9.59 Å². The number of pyridine rings is 1. The topological polar surface area (TPSA) is 48.3 Å². The third-order valence-electron chi connectivity index (χ3n) is 2.47. The molecule has 1 heterocycles. The van der Waals surface area contributed by atoms with Crippen molar-refractivity contribution in [1.29, 1.82) is 0 Å². The summed E-state index contributed by atoms with van der Waals surface area (Å²) in [5, 5.41) is 0. The van der Waals surface area contributed by atoms with E-state index in [-0.39, 0.29) is 18.1 Å². The zero-order valence-corrected chi connectivity index (χ0v) is 10.6. The molecule has 0 amide bonds. The van der Waals surface area contributed by atoms with Gasteiger partial charge < -0.3 is 9.30 Å². The number of hydrogen-bond donors (Lipinski definition) is 0. The van der Waals surface area contributed by atoms with E-state index >= 15 is 0 Å². The van der Waals surface area contributed by atoms with Gasteiger partial charge in [-0.05, 0) is 25.3 Å². The van der Waals surface area contributed by atoms with Crippen LogP contribution in [0.15, 0.2) is 23.1 Å². The van der Waals surface area contributed by atoms with Crippen molar-refractivity contribution in [1.82, 2.24) is 4.57 Å². The van der Waals surface area contributed by atoms with Crippen molar-refractivity contribution in [3.8, 4) is 0 Å². The third-order valence-corrected chi connectivity index (χ3v) is 2.47. The largest absolute Gasteiger partial charge is 0.464 e. The Balaban J connectivity index is 2.51. The van der Waals surface area contributed by atoms with Crippen LogP contribution >= 0.6 is 0 Å². The number of rotatable bonds is 5. The molecule has 0 saturated carbocycles. The lowest BCUT2D eigenvalue weighted by atomic mass is 10.1. The molecule has 1 aromatic rings. The van der Waals surface area contributed by atoms with Crippen LogP contribution in [0.5, 0.6) is 0 Å². The van der Waals surface area contributed by atoms with Crippen LogP contribution in [0.1, 0.15) is 25.8 Å². The average molecular weight is 237 g/mol. The van der Waals surface area contributed by atoms with Gasteiger partial charge >= 0.3 is 5.97 Å². The maximum absolute atomic E-state index is 11.6. The second-order valence-electron chi connectivity index (χ2n) is 4.53. The zero-order valence-electron chi connectivity index (χ0n) is 10.6. The van der Waals surface area contributed by atoms with E-state index in [1.165, 1.54) is 4.57 Å². The summed E-state index contributed by atoms with van der Waals surface area (Å²) < 4.78 is 6.42. The Morgan fingerprint density at radius 2 is 2.18 bits per heavy atom. The van der Waals surface area contributed by atoms with Crippen molar-refractivity contribution >= 4 is 5.97 Å². The predicted octanol–water partition coefficient (Wildman–Crippen LogP) is 1.75. The summed E-state index contributed by atoms with van der Waals surface area (Å²) in [5.41, 5.74) is 0.482.